The lowest BCUT2D eigenvalue weighted by Gasteiger charge is -2.34. The molecule has 10 nitrogen and oxygen atoms in total. The molecule has 0 aromatic heterocycles. The lowest BCUT2D eigenvalue weighted by Crippen LogP contribution is -2.43. The molecule has 0 bridgehead atoms. The molecule has 0 amide bonds. The lowest BCUT2D eigenvalue weighted by molar-refractivity contribution is -0.154. The molecule has 1 saturated heterocycles. The third-order valence-electron chi connectivity index (χ3n) is 6.10. The number of esters is 1. The van der Waals surface area contributed by atoms with Crippen molar-refractivity contribution in [1.82, 2.24) is 0 Å². The number of carbonyl (C=O) groups is 1. The van der Waals surface area contributed by atoms with Gasteiger partial charge >= 0.3 is 5.97 Å². The summed E-state index contributed by atoms with van der Waals surface area (Å²) in [6.07, 6.45) is 0.776. The second-order valence-corrected chi connectivity index (χ2v) is 10.5. The van der Waals surface area contributed by atoms with Gasteiger partial charge < -0.3 is 30.2 Å². The zero-order valence-corrected chi connectivity index (χ0v) is 20.6. The molecule has 1 heterocycles. The molecular formula is C23H33FN2O8S. The smallest absolute Gasteiger partial charge is 0.335 e. The number of carbonyl (C=O) groups excluding carboxylic acids is 1. The fraction of sp³-hybridized carbons (Fsp3) is 0.609. The highest BCUT2D eigenvalue weighted by Gasteiger charge is 2.51. The van der Waals surface area contributed by atoms with Crippen molar-refractivity contribution >= 4 is 21.7 Å². The van der Waals surface area contributed by atoms with E-state index in [1.54, 1.807) is 6.92 Å². The van der Waals surface area contributed by atoms with Crippen LogP contribution in [0.2, 0.25) is 0 Å². The molecular weight excluding hydrogens is 483 g/mol. The van der Waals surface area contributed by atoms with Gasteiger partial charge in [-0.3, -0.25) is 4.72 Å². The van der Waals surface area contributed by atoms with E-state index in [-0.39, 0.29) is 30.7 Å². The summed E-state index contributed by atoms with van der Waals surface area (Å²) in [6, 6.07) is 3.04. The number of ether oxygens (including phenoxy) is 3. The molecule has 2 aliphatic rings. The van der Waals surface area contributed by atoms with Crippen LogP contribution in [0.1, 0.15) is 51.1 Å². The standard InChI is InChI=1S/C23H33FN2O8S/c1-3-5-17(25)15-10-14(24)6-7-18(15)26-35(30,31)21-8-9-23(11-16(21)22(29)32-4-2)33-19(12-27)20(13-28)34-23/h6-7,10-11,17,19-21,26-28H,3-5,8-9,12-13,25H2,1-2H3/t17?,19-,20-,21?/m0/s1. The van der Waals surface area contributed by atoms with Crippen LogP contribution in [0.3, 0.4) is 0 Å². The van der Waals surface area contributed by atoms with Crippen molar-refractivity contribution in [2.24, 2.45) is 5.73 Å². The van der Waals surface area contributed by atoms with Gasteiger partial charge in [-0.1, -0.05) is 13.3 Å². The number of sulfonamides is 1. The van der Waals surface area contributed by atoms with Crippen LogP contribution >= 0.6 is 0 Å². The van der Waals surface area contributed by atoms with Crippen LogP contribution in [-0.4, -0.2) is 67.7 Å². The molecule has 2 unspecified atom stereocenters. The van der Waals surface area contributed by atoms with Crippen molar-refractivity contribution in [2.75, 3.05) is 24.5 Å². The minimum absolute atomic E-state index is 0.0115. The Morgan fingerprint density at radius 3 is 2.51 bits per heavy atom. The number of hydrogen-bond acceptors (Lipinski definition) is 9. The van der Waals surface area contributed by atoms with Gasteiger partial charge in [0.05, 0.1) is 31.1 Å². The van der Waals surface area contributed by atoms with Crippen molar-refractivity contribution in [2.45, 2.75) is 68.8 Å². The molecule has 5 N–H and O–H groups in total. The van der Waals surface area contributed by atoms with E-state index < -0.39 is 64.3 Å². The van der Waals surface area contributed by atoms with Crippen molar-refractivity contribution in [3.05, 3.63) is 41.2 Å². The number of anilines is 1. The highest BCUT2D eigenvalue weighted by Crippen LogP contribution is 2.41. The summed E-state index contributed by atoms with van der Waals surface area (Å²) < 4.78 is 60.0. The molecule has 1 aromatic rings. The van der Waals surface area contributed by atoms with Crippen LogP contribution in [0.25, 0.3) is 0 Å². The molecule has 12 heteroatoms. The third kappa shape index (κ3) is 6.01. The number of rotatable bonds is 10. The average molecular weight is 517 g/mol. The van der Waals surface area contributed by atoms with E-state index in [4.69, 9.17) is 19.9 Å². The number of hydrogen-bond donors (Lipinski definition) is 4. The van der Waals surface area contributed by atoms with E-state index in [2.05, 4.69) is 4.72 Å². The molecule has 1 fully saturated rings. The Morgan fingerprint density at radius 1 is 1.29 bits per heavy atom. The number of nitrogens with two attached hydrogens (primary N) is 1. The predicted molar refractivity (Wildman–Crippen MR) is 125 cm³/mol. The summed E-state index contributed by atoms with van der Waals surface area (Å²) in [6.45, 7) is 2.66. The summed E-state index contributed by atoms with van der Waals surface area (Å²) in [7, 11) is -4.22. The second-order valence-electron chi connectivity index (χ2n) is 8.61. The summed E-state index contributed by atoms with van der Waals surface area (Å²) in [5, 5.41) is 17.8. The van der Waals surface area contributed by atoms with Crippen LogP contribution in [0.5, 0.6) is 0 Å². The van der Waals surface area contributed by atoms with Gasteiger partial charge in [-0.2, -0.15) is 0 Å². The number of aliphatic hydroxyl groups excluding tert-OH is 2. The first-order chi connectivity index (χ1) is 16.6. The minimum Gasteiger partial charge on any atom is -0.463 e. The molecule has 1 aromatic carbocycles. The highest BCUT2D eigenvalue weighted by molar-refractivity contribution is 7.93. The average Bonchev–Trinajstić information content (AvgIpc) is 3.17. The quantitative estimate of drug-likeness (QED) is 0.338. The van der Waals surface area contributed by atoms with Crippen molar-refractivity contribution in [3.63, 3.8) is 0 Å². The molecule has 35 heavy (non-hydrogen) atoms. The summed E-state index contributed by atoms with van der Waals surface area (Å²) in [5.74, 6) is -2.89. The van der Waals surface area contributed by atoms with Gasteiger partial charge in [0.2, 0.25) is 10.0 Å². The zero-order chi connectivity index (χ0) is 25.8. The van der Waals surface area contributed by atoms with E-state index in [0.29, 0.717) is 18.4 Å². The number of benzene rings is 1. The SMILES string of the molecule is CCCC(N)c1cc(F)ccc1NS(=O)(=O)C1CCC2(C=C1C(=O)OCC)O[C@@H](CO)[C@H](CO)O2. The highest BCUT2D eigenvalue weighted by atomic mass is 32.2. The van der Waals surface area contributed by atoms with Crippen molar-refractivity contribution in [3.8, 4) is 0 Å². The van der Waals surface area contributed by atoms with Crippen LogP contribution < -0.4 is 10.5 Å². The van der Waals surface area contributed by atoms with Gasteiger partial charge in [-0.15, -0.1) is 0 Å². The molecule has 1 spiro atoms. The van der Waals surface area contributed by atoms with Crippen LogP contribution in [0, 0.1) is 5.82 Å². The van der Waals surface area contributed by atoms with Crippen molar-refractivity contribution in [1.29, 1.82) is 0 Å². The summed E-state index contributed by atoms with van der Waals surface area (Å²) in [5.41, 5.74) is 6.40. The Kier molecular flexibility index (Phi) is 8.89. The Morgan fingerprint density at radius 2 is 1.94 bits per heavy atom. The van der Waals surface area contributed by atoms with Gasteiger partial charge in [0, 0.05) is 12.5 Å². The Labute approximate surface area is 204 Å². The minimum atomic E-state index is -4.22. The van der Waals surface area contributed by atoms with Gasteiger partial charge in [0.1, 0.15) is 23.3 Å². The number of aliphatic hydroxyl groups is 2. The normalized spacial score (nSPS) is 24.7. The first-order valence-corrected chi connectivity index (χ1v) is 13.2. The maximum absolute atomic E-state index is 13.9. The molecule has 196 valence electrons. The fourth-order valence-corrected chi connectivity index (χ4v) is 5.99. The molecule has 4 atom stereocenters. The molecule has 3 rings (SSSR count). The first kappa shape index (κ1) is 27.5. The predicted octanol–water partition coefficient (Wildman–Crippen LogP) is 1.48. The Hall–Kier alpha value is -2.09. The van der Waals surface area contributed by atoms with E-state index in [1.165, 1.54) is 18.2 Å². The Bertz CT molecular complexity index is 1040. The monoisotopic (exact) mass is 516 g/mol. The largest absolute Gasteiger partial charge is 0.463 e. The van der Waals surface area contributed by atoms with Gasteiger partial charge in [-0.25, -0.2) is 17.6 Å². The molecule has 0 saturated carbocycles. The van der Waals surface area contributed by atoms with Crippen LogP contribution in [0.4, 0.5) is 10.1 Å². The van der Waals surface area contributed by atoms with E-state index in [9.17, 15) is 27.8 Å². The van der Waals surface area contributed by atoms with Gasteiger partial charge in [0.25, 0.3) is 0 Å². The van der Waals surface area contributed by atoms with Crippen LogP contribution in [0.15, 0.2) is 29.8 Å². The van der Waals surface area contributed by atoms with E-state index in [1.807, 2.05) is 6.92 Å². The molecule has 1 aliphatic carbocycles. The van der Waals surface area contributed by atoms with Gasteiger partial charge in [-0.05, 0) is 49.6 Å². The van der Waals surface area contributed by atoms with E-state index >= 15 is 0 Å². The second kappa shape index (κ2) is 11.3. The van der Waals surface area contributed by atoms with Gasteiger partial charge in [0.15, 0.2) is 5.79 Å². The zero-order valence-electron chi connectivity index (χ0n) is 19.8. The van der Waals surface area contributed by atoms with Crippen molar-refractivity contribution < 1.29 is 42.0 Å². The topological polar surface area (TPSA) is 157 Å². The number of nitrogens with one attached hydrogen (secondary N) is 1. The summed E-state index contributed by atoms with van der Waals surface area (Å²) in [4.78, 5) is 12.8. The number of halogens is 1. The maximum atomic E-state index is 13.9. The first-order valence-electron chi connectivity index (χ1n) is 11.6. The fourth-order valence-electron chi connectivity index (χ4n) is 4.43. The maximum Gasteiger partial charge on any atom is 0.335 e. The van der Waals surface area contributed by atoms with E-state index in [0.717, 1.165) is 6.07 Å². The summed E-state index contributed by atoms with van der Waals surface area (Å²) >= 11 is 0. The molecule has 1 aliphatic heterocycles. The lowest BCUT2D eigenvalue weighted by atomic mass is 9.94. The molecule has 0 radical (unpaired) electrons. The van der Waals surface area contributed by atoms with Crippen LogP contribution in [-0.2, 0) is 29.0 Å². The Balaban J connectivity index is 1.97. The third-order valence-corrected chi connectivity index (χ3v) is 7.85.